The van der Waals surface area contributed by atoms with Crippen LogP contribution in [0.25, 0.3) is 0 Å². The van der Waals surface area contributed by atoms with Crippen molar-refractivity contribution >= 4 is 17.6 Å². The first-order valence-electron chi connectivity index (χ1n) is 6.96. The average Bonchev–Trinajstić information content (AvgIpc) is 2.92. The Morgan fingerprint density at radius 2 is 2.00 bits per heavy atom. The summed E-state index contributed by atoms with van der Waals surface area (Å²) in [5.41, 5.74) is 5.86. The summed E-state index contributed by atoms with van der Waals surface area (Å²) < 4.78 is -0.138. The van der Waals surface area contributed by atoms with E-state index in [9.17, 15) is 0 Å². The van der Waals surface area contributed by atoms with E-state index in [1.807, 2.05) is 0 Å². The van der Waals surface area contributed by atoms with Crippen LogP contribution in [0, 0.1) is 5.92 Å². The van der Waals surface area contributed by atoms with Gasteiger partial charge in [-0.15, -0.1) is 0 Å². The molecular formula is C13H25N3OS. The Hall–Kier alpha value is -0.420. The summed E-state index contributed by atoms with van der Waals surface area (Å²) in [5, 5.41) is 12.2. The average molecular weight is 271 g/mol. The summed E-state index contributed by atoms with van der Waals surface area (Å²) in [6.07, 6.45) is 9.70. The maximum Gasteiger partial charge on any atom is 0.155 e. The lowest BCUT2D eigenvalue weighted by atomic mass is 9.93. The predicted octanol–water partition coefficient (Wildman–Crippen LogP) is 2.12. The molecule has 3 N–H and O–H groups in total. The fourth-order valence-corrected chi connectivity index (χ4v) is 4.15. The number of rotatable bonds is 4. The molecule has 0 amide bonds. The lowest BCUT2D eigenvalue weighted by Crippen LogP contribution is -2.50. The number of thioether (sulfide) groups is 1. The molecule has 0 aromatic heterocycles. The highest BCUT2D eigenvalue weighted by atomic mass is 32.2. The third-order valence-corrected chi connectivity index (χ3v) is 6.02. The van der Waals surface area contributed by atoms with Crippen LogP contribution in [0.5, 0.6) is 0 Å². The van der Waals surface area contributed by atoms with E-state index in [0.717, 1.165) is 31.8 Å². The van der Waals surface area contributed by atoms with Gasteiger partial charge in [0.15, 0.2) is 5.84 Å². The molecule has 1 saturated heterocycles. The van der Waals surface area contributed by atoms with Gasteiger partial charge < -0.3 is 15.8 Å². The van der Waals surface area contributed by atoms with Crippen LogP contribution in [0.3, 0.4) is 0 Å². The third kappa shape index (κ3) is 2.94. The molecule has 104 valence electrons. The fraction of sp³-hybridized carbons (Fsp3) is 0.923. The van der Waals surface area contributed by atoms with E-state index in [1.54, 1.807) is 11.8 Å². The molecule has 5 heteroatoms. The second kappa shape index (κ2) is 6.15. The Bertz CT molecular complexity index is 295. The zero-order valence-corrected chi connectivity index (χ0v) is 12.1. The highest BCUT2D eigenvalue weighted by molar-refractivity contribution is 8.00. The highest BCUT2D eigenvalue weighted by Crippen LogP contribution is 2.36. The molecule has 18 heavy (non-hydrogen) atoms. The van der Waals surface area contributed by atoms with Crippen LogP contribution in [0.15, 0.2) is 5.16 Å². The van der Waals surface area contributed by atoms with Crippen molar-refractivity contribution in [3.63, 3.8) is 0 Å². The molecule has 2 fully saturated rings. The molecule has 1 aliphatic carbocycles. The first kappa shape index (κ1) is 14.0. The molecule has 4 nitrogen and oxygen atoms in total. The first-order chi connectivity index (χ1) is 8.70. The Balaban J connectivity index is 1.86. The first-order valence-corrected chi connectivity index (χ1v) is 8.18. The Labute approximate surface area is 114 Å². The molecule has 0 unspecified atom stereocenters. The molecule has 0 atom stereocenters. The van der Waals surface area contributed by atoms with E-state index >= 15 is 0 Å². The summed E-state index contributed by atoms with van der Waals surface area (Å²) in [6.45, 7) is 3.40. The van der Waals surface area contributed by atoms with Crippen LogP contribution in [0.2, 0.25) is 0 Å². The molecule has 0 spiro atoms. The molecule has 2 rings (SSSR count). The van der Waals surface area contributed by atoms with Crippen LogP contribution < -0.4 is 5.73 Å². The van der Waals surface area contributed by atoms with Gasteiger partial charge in [0.2, 0.25) is 0 Å². The highest BCUT2D eigenvalue weighted by Gasteiger charge is 2.38. The summed E-state index contributed by atoms with van der Waals surface area (Å²) in [7, 11) is 0. The zero-order valence-electron chi connectivity index (χ0n) is 11.3. The molecular weight excluding hydrogens is 246 g/mol. The molecule has 0 radical (unpaired) electrons. The van der Waals surface area contributed by atoms with Crippen molar-refractivity contribution in [1.29, 1.82) is 0 Å². The Kier molecular flexibility index (Phi) is 4.78. The lowest BCUT2D eigenvalue weighted by molar-refractivity contribution is 0.188. The topological polar surface area (TPSA) is 61.9 Å². The van der Waals surface area contributed by atoms with E-state index < -0.39 is 0 Å². The van der Waals surface area contributed by atoms with Gasteiger partial charge in [-0.25, -0.2) is 0 Å². The number of oxime groups is 1. The van der Waals surface area contributed by atoms with Crippen molar-refractivity contribution in [2.75, 3.05) is 25.9 Å². The van der Waals surface area contributed by atoms with Gasteiger partial charge in [0, 0.05) is 6.54 Å². The van der Waals surface area contributed by atoms with Crippen molar-refractivity contribution in [3.05, 3.63) is 0 Å². The Morgan fingerprint density at radius 1 is 1.39 bits per heavy atom. The van der Waals surface area contributed by atoms with Crippen LogP contribution in [0.4, 0.5) is 0 Å². The van der Waals surface area contributed by atoms with Gasteiger partial charge in [-0.1, -0.05) is 18.0 Å². The van der Waals surface area contributed by atoms with E-state index in [4.69, 9.17) is 10.9 Å². The van der Waals surface area contributed by atoms with Gasteiger partial charge in [-0.05, 0) is 50.9 Å². The van der Waals surface area contributed by atoms with E-state index in [-0.39, 0.29) is 4.75 Å². The van der Waals surface area contributed by atoms with E-state index in [1.165, 1.54) is 32.2 Å². The Morgan fingerprint density at radius 3 is 2.50 bits per heavy atom. The number of nitrogens with two attached hydrogens (primary N) is 1. The van der Waals surface area contributed by atoms with Crippen LogP contribution in [0.1, 0.15) is 38.5 Å². The molecule has 1 saturated carbocycles. The van der Waals surface area contributed by atoms with Crippen molar-refractivity contribution in [3.8, 4) is 0 Å². The van der Waals surface area contributed by atoms with Gasteiger partial charge in [-0.3, -0.25) is 0 Å². The molecule has 0 aromatic rings. The van der Waals surface area contributed by atoms with Gasteiger partial charge >= 0.3 is 0 Å². The quantitative estimate of drug-likeness (QED) is 0.356. The van der Waals surface area contributed by atoms with E-state index in [2.05, 4.69) is 16.3 Å². The smallest absolute Gasteiger partial charge is 0.155 e. The van der Waals surface area contributed by atoms with Gasteiger partial charge in [0.25, 0.3) is 0 Å². The van der Waals surface area contributed by atoms with Gasteiger partial charge in [0.1, 0.15) is 0 Å². The maximum absolute atomic E-state index is 8.92. The molecule has 1 aliphatic heterocycles. The molecule has 0 bridgehead atoms. The molecule has 1 heterocycles. The largest absolute Gasteiger partial charge is 0.409 e. The minimum Gasteiger partial charge on any atom is -0.409 e. The zero-order chi connectivity index (χ0) is 13.0. The van der Waals surface area contributed by atoms with Gasteiger partial charge in [0.05, 0.1) is 4.75 Å². The fourth-order valence-electron chi connectivity index (χ4n) is 3.31. The SMILES string of the molecule is CSC1(C(N)=NO)CCN(CC2CCCC2)CC1. The number of amidine groups is 1. The molecule has 2 aliphatic rings. The van der Waals surface area contributed by atoms with Crippen molar-refractivity contribution in [1.82, 2.24) is 4.90 Å². The normalized spacial score (nSPS) is 26.6. The number of piperidine rings is 1. The standard InChI is InChI=1S/C13H25N3OS/c1-18-13(12(14)15-17)6-8-16(9-7-13)10-11-4-2-3-5-11/h11,17H,2-10H2,1H3,(H2,14,15). The summed E-state index contributed by atoms with van der Waals surface area (Å²) in [4.78, 5) is 2.56. The van der Waals surface area contributed by atoms with Crippen molar-refractivity contribution < 1.29 is 5.21 Å². The minimum absolute atomic E-state index is 0.138. The number of likely N-dealkylation sites (tertiary alicyclic amines) is 1. The minimum atomic E-state index is -0.138. The second-order valence-corrected chi connectivity index (χ2v) is 6.82. The lowest BCUT2D eigenvalue weighted by Gasteiger charge is -2.40. The number of hydrogen-bond acceptors (Lipinski definition) is 4. The molecule has 0 aromatic carbocycles. The van der Waals surface area contributed by atoms with Gasteiger partial charge in [-0.2, -0.15) is 11.8 Å². The maximum atomic E-state index is 8.92. The summed E-state index contributed by atoms with van der Waals surface area (Å²) in [5.74, 6) is 1.31. The van der Waals surface area contributed by atoms with Crippen LogP contribution >= 0.6 is 11.8 Å². The van der Waals surface area contributed by atoms with Crippen molar-refractivity contribution in [2.45, 2.75) is 43.3 Å². The third-order valence-electron chi connectivity index (χ3n) is 4.62. The monoisotopic (exact) mass is 271 g/mol. The van der Waals surface area contributed by atoms with E-state index in [0.29, 0.717) is 5.84 Å². The van der Waals surface area contributed by atoms with Crippen LogP contribution in [-0.2, 0) is 0 Å². The number of hydrogen-bond donors (Lipinski definition) is 2. The summed E-state index contributed by atoms with van der Waals surface area (Å²) in [6, 6.07) is 0. The number of nitrogens with zero attached hydrogens (tertiary/aromatic N) is 2. The predicted molar refractivity (Wildman–Crippen MR) is 77.3 cm³/mol. The van der Waals surface area contributed by atoms with Crippen molar-refractivity contribution in [2.24, 2.45) is 16.8 Å². The van der Waals surface area contributed by atoms with Crippen LogP contribution in [-0.4, -0.2) is 46.6 Å². The summed E-state index contributed by atoms with van der Waals surface area (Å²) >= 11 is 1.73. The second-order valence-electron chi connectivity index (χ2n) is 5.63.